The number of carbonyl (C=O) groups excluding carboxylic acids is 1. The minimum atomic E-state index is -0.449. The Labute approximate surface area is 232 Å². The summed E-state index contributed by atoms with van der Waals surface area (Å²) in [5.74, 6) is 1.59. The lowest BCUT2D eigenvalue weighted by Gasteiger charge is -2.45. The van der Waals surface area contributed by atoms with E-state index < -0.39 is 5.66 Å². The molecule has 3 aromatic carbocycles. The fourth-order valence-electron chi connectivity index (χ4n) is 5.57. The van der Waals surface area contributed by atoms with Gasteiger partial charge in [0.25, 0.3) is 0 Å². The van der Waals surface area contributed by atoms with E-state index in [0.717, 1.165) is 54.2 Å². The van der Waals surface area contributed by atoms with Crippen LogP contribution >= 0.6 is 23.8 Å². The zero-order valence-electron chi connectivity index (χ0n) is 20.9. The van der Waals surface area contributed by atoms with Crippen LogP contribution in [0.25, 0.3) is 0 Å². The van der Waals surface area contributed by atoms with Gasteiger partial charge in [0.05, 0.1) is 11.7 Å². The summed E-state index contributed by atoms with van der Waals surface area (Å²) in [5.41, 5.74) is 2.58. The van der Waals surface area contributed by atoms with Crippen LogP contribution in [0.1, 0.15) is 24.0 Å². The van der Waals surface area contributed by atoms with Crippen molar-refractivity contribution in [3.05, 3.63) is 88.9 Å². The van der Waals surface area contributed by atoms with Gasteiger partial charge >= 0.3 is 0 Å². The van der Waals surface area contributed by atoms with Crippen LogP contribution in [0.4, 0.5) is 5.69 Å². The predicted octanol–water partition coefficient (Wildman–Crippen LogP) is 4.80. The molecule has 2 saturated heterocycles. The van der Waals surface area contributed by atoms with E-state index in [-0.39, 0.29) is 18.7 Å². The number of likely N-dealkylation sites (tertiary alicyclic amines) is 1. The molecular formula is C29H29ClN4O3S. The second kappa shape index (κ2) is 10.4. The molecule has 3 aromatic rings. The molecule has 9 heteroatoms. The first-order valence-electron chi connectivity index (χ1n) is 12.8. The van der Waals surface area contributed by atoms with Crippen LogP contribution in [-0.4, -0.2) is 52.4 Å². The maximum Gasteiger partial charge on any atom is 0.241 e. The molecule has 1 spiro atoms. The normalized spacial score (nSPS) is 19.7. The minimum Gasteiger partial charge on any atom is -0.454 e. The van der Waals surface area contributed by atoms with E-state index in [9.17, 15) is 4.79 Å². The summed E-state index contributed by atoms with van der Waals surface area (Å²) < 4.78 is 11.1. The molecule has 7 nitrogen and oxygen atoms in total. The summed E-state index contributed by atoms with van der Waals surface area (Å²) in [6.45, 7) is 2.18. The highest BCUT2D eigenvalue weighted by molar-refractivity contribution is 7.80. The molecule has 0 radical (unpaired) electrons. The van der Waals surface area contributed by atoms with Crippen molar-refractivity contribution in [1.82, 2.24) is 15.1 Å². The SMILES string of the molecule is O=C1C(Cc2ccccc2)NC2(CCN(C(=S)Nc3cccc(Cl)c3)CC2)N1Cc1ccc2c(c1)OCO2. The quantitative estimate of drug-likeness (QED) is 0.444. The molecule has 2 fully saturated rings. The van der Waals surface area contributed by atoms with Gasteiger partial charge in [-0.1, -0.05) is 54.1 Å². The second-order valence-electron chi connectivity index (χ2n) is 9.96. The molecule has 3 heterocycles. The number of benzene rings is 3. The van der Waals surface area contributed by atoms with Crippen molar-refractivity contribution >= 4 is 40.5 Å². The van der Waals surface area contributed by atoms with Crippen molar-refractivity contribution in [1.29, 1.82) is 0 Å². The summed E-state index contributed by atoms with van der Waals surface area (Å²) in [4.78, 5) is 18.0. The number of piperidine rings is 1. The van der Waals surface area contributed by atoms with Gasteiger partial charge in [-0.2, -0.15) is 0 Å². The smallest absolute Gasteiger partial charge is 0.241 e. The monoisotopic (exact) mass is 548 g/mol. The molecule has 2 N–H and O–H groups in total. The summed E-state index contributed by atoms with van der Waals surface area (Å²) in [7, 11) is 0. The van der Waals surface area contributed by atoms with Crippen LogP contribution < -0.4 is 20.1 Å². The zero-order chi connectivity index (χ0) is 26.1. The number of hydrogen-bond acceptors (Lipinski definition) is 5. The fourth-order valence-corrected chi connectivity index (χ4v) is 6.06. The van der Waals surface area contributed by atoms with Crippen molar-refractivity contribution < 1.29 is 14.3 Å². The Balaban J connectivity index is 1.20. The van der Waals surface area contributed by atoms with Gasteiger partial charge in [0, 0.05) is 43.2 Å². The molecule has 0 saturated carbocycles. The highest BCUT2D eigenvalue weighted by Crippen LogP contribution is 2.37. The molecule has 1 unspecified atom stereocenters. The Hall–Kier alpha value is -3.33. The van der Waals surface area contributed by atoms with E-state index in [2.05, 4.69) is 27.7 Å². The van der Waals surface area contributed by atoms with Gasteiger partial charge in [-0.15, -0.1) is 0 Å². The number of halogens is 1. The number of nitrogens with one attached hydrogen (secondary N) is 2. The molecule has 0 bridgehead atoms. The third-order valence-electron chi connectivity index (χ3n) is 7.54. The number of ether oxygens (including phenoxy) is 2. The topological polar surface area (TPSA) is 66.1 Å². The van der Waals surface area contributed by atoms with Gasteiger partial charge < -0.3 is 24.6 Å². The molecule has 1 amide bonds. The molecule has 3 aliphatic heterocycles. The van der Waals surface area contributed by atoms with Gasteiger partial charge in [-0.05, 0) is 60.1 Å². The van der Waals surface area contributed by atoms with Crippen molar-refractivity contribution in [2.45, 2.75) is 37.5 Å². The summed E-state index contributed by atoms with van der Waals surface area (Å²) in [5, 5.41) is 8.38. The average molecular weight is 549 g/mol. The molecule has 0 aromatic heterocycles. The molecule has 6 rings (SSSR count). The van der Waals surface area contributed by atoms with Crippen molar-refractivity contribution in [3.63, 3.8) is 0 Å². The largest absolute Gasteiger partial charge is 0.454 e. The highest BCUT2D eigenvalue weighted by Gasteiger charge is 2.51. The van der Waals surface area contributed by atoms with E-state index >= 15 is 0 Å². The lowest BCUT2D eigenvalue weighted by Crippen LogP contribution is -2.59. The Bertz CT molecular complexity index is 1350. The number of anilines is 1. The van der Waals surface area contributed by atoms with Gasteiger partial charge in [0.2, 0.25) is 12.7 Å². The highest BCUT2D eigenvalue weighted by atomic mass is 35.5. The Morgan fingerprint density at radius 1 is 1.00 bits per heavy atom. The number of rotatable bonds is 5. The van der Waals surface area contributed by atoms with Crippen molar-refractivity contribution in [2.24, 2.45) is 0 Å². The number of thiocarbonyl (C=S) groups is 1. The van der Waals surface area contributed by atoms with Gasteiger partial charge in [-0.25, -0.2) is 0 Å². The average Bonchev–Trinajstić information content (AvgIpc) is 3.48. The lowest BCUT2D eigenvalue weighted by atomic mass is 9.95. The van der Waals surface area contributed by atoms with E-state index in [4.69, 9.17) is 33.3 Å². The molecule has 3 aliphatic rings. The van der Waals surface area contributed by atoms with E-state index in [0.29, 0.717) is 23.1 Å². The summed E-state index contributed by atoms with van der Waals surface area (Å²) >= 11 is 11.9. The lowest BCUT2D eigenvalue weighted by molar-refractivity contribution is -0.134. The van der Waals surface area contributed by atoms with E-state index in [1.807, 2.05) is 65.6 Å². The van der Waals surface area contributed by atoms with E-state index in [1.165, 1.54) is 0 Å². The third kappa shape index (κ3) is 5.04. The first kappa shape index (κ1) is 25.0. The van der Waals surface area contributed by atoms with Crippen LogP contribution in [0, 0.1) is 0 Å². The van der Waals surface area contributed by atoms with Crippen LogP contribution in [0.2, 0.25) is 5.02 Å². The summed E-state index contributed by atoms with van der Waals surface area (Å²) in [6, 6.07) is 23.3. The number of carbonyl (C=O) groups is 1. The first-order valence-corrected chi connectivity index (χ1v) is 13.6. The summed E-state index contributed by atoms with van der Waals surface area (Å²) in [6.07, 6.45) is 2.16. The van der Waals surface area contributed by atoms with Crippen molar-refractivity contribution in [3.8, 4) is 11.5 Å². The number of hydrogen-bond donors (Lipinski definition) is 2. The molecule has 38 heavy (non-hydrogen) atoms. The van der Waals surface area contributed by atoms with Crippen molar-refractivity contribution in [2.75, 3.05) is 25.2 Å². The van der Waals surface area contributed by atoms with Gasteiger partial charge in [0.15, 0.2) is 16.6 Å². The predicted molar refractivity (Wildman–Crippen MR) is 151 cm³/mol. The molecular weight excluding hydrogens is 520 g/mol. The molecule has 196 valence electrons. The van der Waals surface area contributed by atoms with Crippen LogP contribution in [0.5, 0.6) is 11.5 Å². The number of amides is 1. The van der Waals surface area contributed by atoms with Crippen LogP contribution in [-0.2, 0) is 17.8 Å². The molecule has 0 aliphatic carbocycles. The Morgan fingerprint density at radius 3 is 2.58 bits per heavy atom. The van der Waals surface area contributed by atoms with Gasteiger partial charge in [-0.3, -0.25) is 10.1 Å². The van der Waals surface area contributed by atoms with Gasteiger partial charge in [0.1, 0.15) is 0 Å². The minimum absolute atomic E-state index is 0.125. The molecule has 1 atom stereocenters. The Morgan fingerprint density at radius 2 is 1.79 bits per heavy atom. The first-order chi connectivity index (χ1) is 18.5. The number of fused-ring (bicyclic) bond motifs is 1. The van der Waals surface area contributed by atoms with Crippen LogP contribution in [0.15, 0.2) is 72.8 Å². The Kier molecular flexibility index (Phi) is 6.86. The standard InChI is InChI=1S/C29H29ClN4O3S/c30-22-7-4-8-23(17-22)31-28(38)33-13-11-29(12-14-33)32-24(15-20-5-2-1-3-6-20)27(35)34(29)18-21-9-10-25-26(16-21)37-19-36-25/h1-10,16-17,24,32H,11-15,18-19H2,(H,31,38). The van der Waals surface area contributed by atoms with E-state index in [1.54, 1.807) is 0 Å². The second-order valence-corrected chi connectivity index (χ2v) is 10.8. The number of nitrogens with zero attached hydrogens (tertiary/aromatic N) is 2. The van der Waals surface area contributed by atoms with Crippen LogP contribution in [0.3, 0.4) is 0 Å². The third-order valence-corrected chi connectivity index (χ3v) is 8.13. The fraction of sp³-hybridized carbons (Fsp3) is 0.310. The maximum atomic E-state index is 13.9. The zero-order valence-corrected chi connectivity index (χ0v) is 22.4. The maximum absolute atomic E-state index is 13.9.